The summed E-state index contributed by atoms with van der Waals surface area (Å²) in [5.41, 5.74) is 0. The standard InChI is InChI=1S/C27H48N2O5S6/c30-21-15-11-9-7-5-3-1-2-4-6-8-10-12-16-24(32)29-22(26(33)34)18-19-23(31)28-20-14-13-17-25-35-37-27(38-36-25)39-40-27/h22,25,30H,1-21H2,(H,28,31)(H,29,32)(H,33,34). The predicted molar refractivity (Wildman–Crippen MR) is 179 cm³/mol. The van der Waals surface area contributed by atoms with Crippen LogP contribution in [0.2, 0.25) is 0 Å². The van der Waals surface area contributed by atoms with Gasteiger partial charge in [-0.2, -0.15) is 0 Å². The van der Waals surface area contributed by atoms with Gasteiger partial charge in [0.2, 0.25) is 11.8 Å². The maximum atomic E-state index is 12.2. The molecule has 232 valence electrons. The van der Waals surface area contributed by atoms with Gasteiger partial charge in [0.1, 0.15) is 6.04 Å². The molecule has 13 heteroatoms. The van der Waals surface area contributed by atoms with Crippen LogP contribution in [0.4, 0.5) is 0 Å². The van der Waals surface area contributed by atoms with Crippen LogP contribution in [0.15, 0.2) is 0 Å². The highest BCUT2D eigenvalue weighted by Gasteiger charge is 2.52. The molecule has 1 unspecified atom stereocenters. The zero-order valence-electron chi connectivity index (χ0n) is 23.6. The van der Waals surface area contributed by atoms with Crippen LogP contribution in [-0.4, -0.2) is 54.5 Å². The average molecular weight is 673 g/mol. The zero-order chi connectivity index (χ0) is 28.9. The average Bonchev–Trinajstić information content (AvgIpc) is 3.70. The first kappa shape index (κ1) is 36.7. The van der Waals surface area contributed by atoms with Crippen LogP contribution in [-0.2, 0) is 14.4 Å². The van der Waals surface area contributed by atoms with Crippen LogP contribution < -0.4 is 10.6 Å². The maximum Gasteiger partial charge on any atom is 0.326 e. The van der Waals surface area contributed by atoms with Crippen molar-refractivity contribution in [3.63, 3.8) is 0 Å². The summed E-state index contributed by atoms with van der Waals surface area (Å²) in [4.78, 5) is 36.0. The molecule has 40 heavy (non-hydrogen) atoms. The van der Waals surface area contributed by atoms with Gasteiger partial charge in [0.25, 0.3) is 0 Å². The van der Waals surface area contributed by atoms with Gasteiger partial charge in [-0.05, 0) is 60.1 Å². The van der Waals surface area contributed by atoms with Gasteiger partial charge in [-0.25, -0.2) is 4.79 Å². The second-order valence-electron chi connectivity index (χ2n) is 10.4. The van der Waals surface area contributed by atoms with Gasteiger partial charge in [0.05, 0.1) is 4.58 Å². The van der Waals surface area contributed by atoms with Gasteiger partial charge in [0, 0.05) is 26.0 Å². The molecule has 2 aliphatic heterocycles. The minimum atomic E-state index is -1.09. The Morgan fingerprint density at radius 2 is 1.23 bits per heavy atom. The van der Waals surface area contributed by atoms with Gasteiger partial charge in [-0.1, -0.05) is 114 Å². The Morgan fingerprint density at radius 3 is 1.75 bits per heavy atom. The van der Waals surface area contributed by atoms with E-state index in [1.54, 1.807) is 0 Å². The van der Waals surface area contributed by atoms with Crippen molar-refractivity contribution in [3.05, 3.63) is 0 Å². The highest BCUT2D eigenvalue weighted by Crippen LogP contribution is 2.84. The normalized spacial score (nSPS) is 17.0. The van der Waals surface area contributed by atoms with Gasteiger partial charge >= 0.3 is 5.97 Å². The van der Waals surface area contributed by atoms with E-state index in [-0.39, 0.29) is 24.7 Å². The molecule has 2 saturated heterocycles. The largest absolute Gasteiger partial charge is 0.480 e. The Kier molecular flexibility index (Phi) is 21.0. The first-order chi connectivity index (χ1) is 19.4. The van der Waals surface area contributed by atoms with Crippen molar-refractivity contribution in [2.24, 2.45) is 0 Å². The molecule has 0 aliphatic carbocycles. The highest BCUT2D eigenvalue weighted by molar-refractivity contribution is 9.14. The van der Waals surface area contributed by atoms with Crippen LogP contribution in [0.25, 0.3) is 0 Å². The van der Waals surface area contributed by atoms with E-state index in [9.17, 15) is 19.5 Å². The van der Waals surface area contributed by atoms with Crippen molar-refractivity contribution in [1.29, 1.82) is 0 Å². The fourth-order valence-corrected chi connectivity index (χ4v) is 17.8. The van der Waals surface area contributed by atoms with E-state index in [1.807, 2.05) is 64.8 Å². The molecule has 2 rings (SSSR count). The summed E-state index contributed by atoms with van der Waals surface area (Å²) in [7, 11) is 11.7. The first-order valence-electron chi connectivity index (χ1n) is 14.9. The monoisotopic (exact) mass is 672 g/mol. The second-order valence-corrected chi connectivity index (χ2v) is 20.0. The molecule has 2 heterocycles. The van der Waals surface area contributed by atoms with Crippen LogP contribution >= 0.6 is 64.8 Å². The zero-order valence-corrected chi connectivity index (χ0v) is 28.5. The summed E-state index contributed by atoms with van der Waals surface area (Å²) in [6, 6.07) is -1.02. The van der Waals surface area contributed by atoms with Crippen molar-refractivity contribution in [2.75, 3.05) is 13.2 Å². The molecule has 7 nitrogen and oxygen atoms in total. The summed E-state index contributed by atoms with van der Waals surface area (Å²) < 4.78 is 0.937. The highest BCUT2D eigenvalue weighted by atomic mass is 33.2. The van der Waals surface area contributed by atoms with Gasteiger partial charge in [0.15, 0.2) is 2.74 Å². The molecular formula is C27H48N2O5S6. The number of aliphatic hydroxyl groups is 1. The number of hydrogen-bond acceptors (Lipinski definition) is 10. The Bertz CT molecular complexity index is 722. The Labute approximate surface area is 264 Å². The number of hydrogen-bond donors (Lipinski definition) is 4. The number of carboxylic acids is 1. The predicted octanol–water partition coefficient (Wildman–Crippen LogP) is 8.19. The summed E-state index contributed by atoms with van der Waals surface area (Å²) in [5.74, 6) is -1.49. The summed E-state index contributed by atoms with van der Waals surface area (Å²) >= 11 is 0. The molecule has 0 aromatic heterocycles. The Balaban J connectivity index is 1.39. The van der Waals surface area contributed by atoms with Gasteiger partial charge in [-0.15, -0.1) is 0 Å². The van der Waals surface area contributed by atoms with E-state index < -0.39 is 12.0 Å². The van der Waals surface area contributed by atoms with Crippen molar-refractivity contribution in [1.82, 2.24) is 10.6 Å². The van der Waals surface area contributed by atoms with Crippen LogP contribution in [0.5, 0.6) is 0 Å². The van der Waals surface area contributed by atoms with Gasteiger partial charge < -0.3 is 20.8 Å². The number of aliphatic carboxylic acids is 1. The fraction of sp³-hybridized carbons (Fsp3) is 0.889. The first-order valence-corrected chi connectivity index (χ1v) is 21.5. The molecule has 2 aliphatic rings. The molecule has 2 fully saturated rings. The molecule has 2 amide bonds. The number of carbonyl (C=O) groups excluding carboxylic acids is 2. The van der Waals surface area contributed by atoms with Crippen LogP contribution in [0.1, 0.15) is 122 Å². The van der Waals surface area contributed by atoms with E-state index in [0.29, 0.717) is 26.9 Å². The molecule has 0 aromatic carbocycles. The van der Waals surface area contributed by atoms with Gasteiger partial charge in [-0.3, -0.25) is 9.59 Å². The van der Waals surface area contributed by atoms with Crippen LogP contribution in [0, 0.1) is 0 Å². The molecule has 0 radical (unpaired) electrons. The molecular weight excluding hydrogens is 625 g/mol. The Hall–Kier alpha value is 0.470. The number of nitrogens with one attached hydrogen (secondary N) is 2. The summed E-state index contributed by atoms with van der Waals surface area (Å²) in [6.45, 7) is 0.915. The molecule has 0 bridgehead atoms. The van der Waals surface area contributed by atoms with E-state index >= 15 is 0 Å². The molecule has 4 N–H and O–H groups in total. The van der Waals surface area contributed by atoms with E-state index in [0.717, 1.165) is 51.4 Å². The number of aliphatic hydroxyl groups excluding tert-OH is 1. The van der Waals surface area contributed by atoms with Crippen LogP contribution in [0.3, 0.4) is 0 Å². The lowest BCUT2D eigenvalue weighted by Crippen LogP contribution is -2.41. The third-order valence-electron chi connectivity index (χ3n) is 6.78. The van der Waals surface area contributed by atoms with Crippen molar-refractivity contribution in [2.45, 2.75) is 135 Å². The SMILES string of the molecule is O=C(CCC(NC(=O)CCCCCCCCCCCCCCCO)C(=O)O)NCCCCC1SSC2(SS1)SS2. The molecule has 0 aromatic rings. The molecule has 1 spiro atoms. The third kappa shape index (κ3) is 18.2. The maximum absolute atomic E-state index is 12.2. The third-order valence-corrected chi connectivity index (χ3v) is 20.7. The lowest BCUT2D eigenvalue weighted by Gasteiger charge is -2.23. The minimum absolute atomic E-state index is 0.0972. The van der Waals surface area contributed by atoms with Crippen molar-refractivity contribution < 1.29 is 24.6 Å². The van der Waals surface area contributed by atoms with Crippen molar-refractivity contribution in [3.8, 4) is 0 Å². The quantitative estimate of drug-likeness (QED) is 0.0427. The Morgan fingerprint density at radius 1 is 0.675 bits per heavy atom. The smallest absolute Gasteiger partial charge is 0.326 e. The minimum Gasteiger partial charge on any atom is -0.480 e. The lowest BCUT2D eigenvalue weighted by atomic mass is 10.0. The summed E-state index contributed by atoms with van der Waals surface area (Å²) in [6.07, 6.45) is 18.6. The second kappa shape index (κ2) is 22.9. The fourth-order valence-electron chi connectivity index (χ4n) is 4.33. The van der Waals surface area contributed by atoms with E-state index in [4.69, 9.17) is 5.11 Å². The van der Waals surface area contributed by atoms with Crippen molar-refractivity contribution >= 4 is 82.5 Å². The molecule has 1 atom stereocenters. The number of rotatable bonds is 25. The lowest BCUT2D eigenvalue weighted by molar-refractivity contribution is -0.142. The summed E-state index contributed by atoms with van der Waals surface area (Å²) in [5, 5.41) is 23.7. The molecule has 0 saturated carbocycles. The van der Waals surface area contributed by atoms with E-state index in [2.05, 4.69) is 10.6 Å². The number of unbranched alkanes of at least 4 members (excludes halogenated alkanes) is 13. The number of amides is 2. The van der Waals surface area contributed by atoms with E-state index in [1.165, 1.54) is 51.4 Å². The number of carbonyl (C=O) groups is 3. The number of carboxylic acid groups (broad SMARTS) is 1. The topological polar surface area (TPSA) is 116 Å².